The van der Waals surface area contributed by atoms with Crippen molar-refractivity contribution in [3.05, 3.63) is 66.0 Å². The van der Waals surface area contributed by atoms with Gasteiger partial charge in [0.25, 0.3) is 0 Å². The van der Waals surface area contributed by atoms with Crippen LogP contribution in [-0.2, 0) is 6.54 Å². The normalized spacial score (nSPS) is 14.8. The molecule has 1 aliphatic rings. The van der Waals surface area contributed by atoms with E-state index in [1.165, 1.54) is 16.8 Å². The Morgan fingerprint density at radius 3 is 2.41 bits per heavy atom. The maximum absolute atomic E-state index is 5.78. The molecule has 1 aliphatic heterocycles. The van der Waals surface area contributed by atoms with Crippen LogP contribution in [0, 0.1) is 6.92 Å². The number of nitrogens with one attached hydrogen (secondary N) is 1. The van der Waals surface area contributed by atoms with Gasteiger partial charge in [-0.3, -0.25) is 0 Å². The van der Waals surface area contributed by atoms with E-state index in [9.17, 15) is 0 Å². The Kier molecular flexibility index (Phi) is 5.74. The third-order valence-electron chi connectivity index (χ3n) is 5.53. The molecule has 3 aromatic rings. The molecule has 0 spiro atoms. The van der Waals surface area contributed by atoms with Crippen LogP contribution in [0.3, 0.4) is 0 Å². The minimum atomic E-state index is 0.561. The van der Waals surface area contributed by atoms with E-state index in [1.807, 2.05) is 30.6 Å². The lowest BCUT2D eigenvalue weighted by atomic mass is 10.0. The summed E-state index contributed by atoms with van der Waals surface area (Å²) in [6, 6.07) is 14.6. The summed E-state index contributed by atoms with van der Waals surface area (Å²) >= 11 is 0. The molecule has 0 saturated carbocycles. The highest BCUT2D eigenvalue weighted by molar-refractivity contribution is 5.69. The standard InChI is InChI=1S/C23H28N6/c1-17-13-18(3-4-20(17)15-24)19-7-8-25-23(14-19)27-22-6-5-21(16-26-22)29-11-9-28(2)10-12-29/h3-8,13-14,16H,9-12,15,24H2,1-2H3,(H,25,26,27). The maximum Gasteiger partial charge on any atom is 0.132 e. The van der Waals surface area contributed by atoms with E-state index in [2.05, 4.69) is 63.3 Å². The largest absolute Gasteiger partial charge is 0.368 e. The number of nitrogens with zero attached hydrogens (tertiary/aromatic N) is 4. The minimum absolute atomic E-state index is 0.561. The zero-order valence-corrected chi connectivity index (χ0v) is 17.1. The first kappa shape index (κ1) is 19.4. The zero-order chi connectivity index (χ0) is 20.2. The average Bonchev–Trinajstić information content (AvgIpc) is 2.75. The first-order valence-corrected chi connectivity index (χ1v) is 10.0. The maximum atomic E-state index is 5.78. The number of likely N-dealkylation sites (N-methyl/N-ethyl adjacent to an activating group) is 1. The highest BCUT2D eigenvalue weighted by Crippen LogP contribution is 2.25. The highest BCUT2D eigenvalue weighted by Gasteiger charge is 2.14. The summed E-state index contributed by atoms with van der Waals surface area (Å²) in [7, 11) is 2.16. The van der Waals surface area contributed by atoms with Crippen molar-refractivity contribution in [2.75, 3.05) is 43.4 Å². The monoisotopic (exact) mass is 388 g/mol. The number of hydrogen-bond donors (Lipinski definition) is 2. The van der Waals surface area contributed by atoms with Gasteiger partial charge in [0.2, 0.25) is 0 Å². The molecule has 6 nitrogen and oxygen atoms in total. The number of nitrogens with two attached hydrogens (primary N) is 1. The topological polar surface area (TPSA) is 70.3 Å². The summed E-state index contributed by atoms with van der Waals surface area (Å²) in [4.78, 5) is 13.8. The lowest BCUT2D eigenvalue weighted by molar-refractivity contribution is 0.313. The smallest absolute Gasteiger partial charge is 0.132 e. The number of aromatic nitrogens is 2. The fourth-order valence-corrected chi connectivity index (χ4v) is 3.63. The molecule has 0 amide bonds. The Bertz CT molecular complexity index is 961. The SMILES string of the molecule is Cc1cc(-c2ccnc(Nc3ccc(N4CCN(C)CC4)cn3)c2)ccc1CN. The van der Waals surface area contributed by atoms with Gasteiger partial charge in [-0.1, -0.05) is 18.2 Å². The van der Waals surface area contributed by atoms with Crippen molar-refractivity contribution in [2.24, 2.45) is 5.73 Å². The van der Waals surface area contributed by atoms with Gasteiger partial charge in [0.15, 0.2) is 0 Å². The number of piperazine rings is 1. The number of aryl methyl sites for hydroxylation is 1. The molecule has 0 unspecified atom stereocenters. The van der Waals surface area contributed by atoms with Crippen LogP contribution in [0.1, 0.15) is 11.1 Å². The molecule has 2 aromatic heterocycles. The number of anilines is 3. The van der Waals surface area contributed by atoms with Crippen molar-refractivity contribution >= 4 is 17.3 Å². The van der Waals surface area contributed by atoms with E-state index in [-0.39, 0.29) is 0 Å². The van der Waals surface area contributed by atoms with Crippen molar-refractivity contribution in [3.8, 4) is 11.1 Å². The Morgan fingerprint density at radius 1 is 0.931 bits per heavy atom. The highest BCUT2D eigenvalue weighted by atomic mass is 15.2. The van der Waals surface area contributed by atoms with E-state index in [1.54, 1.807) is 0 Å². The van der Waals surface area contributed by atoms with Gasteiger partial charge in [-0.2, -0.15) is 0 Å². The number of hydrogen-bond acceptors (Lipinski definition) is 6. The van der Waals surface area contributed by atoms with Crippen LogP contribution >= 0.6 is 0 Å². The molecule has 150 valence electrons. The van der Waals surface area contributed by atoms with Gasteiger partial charge in [-0.25, -0.2) is 9.97 Å². The summed E-state index contributed by atoms with van der Waals surface area (Å²) in [6.07, 6.45) is 3.76. The minimum Gasteiger partial charge on any atom is -0.368 e. The lowest BCUT2D eigenvalue weighted by Crippen LogP contribution is -2.44. The van der Waals surface area contributed by atoms with E-state index in [0.717, 1.165) is 48.9 Å². The summed E-state index contributed by atoms with van der Waals surface area (Å²) < 4.78 is 0. The molecule has 6 heteroatoms. The van der Waals surface area contributed by atoms with Crippen molar-refractivity contribution in [3.63, 3.8) is 0 Å². The van der Waals surface area contributed by atoms with Gasteiger partial charge < -0.3 is 20.9 Å². The number of pyridine rings is 2. The van der Waals surface area contributed by atoms with Gasteiger partial charge in [0.05, 0.1) is 11.9 Å². The Morgan fingerprint density at radius 2 is 1.72 bits per heavy atom. The van der Waals surface area contributed by atoms with Crippen molar-refractivity contribution in [1.82, 2.24) is 14.9 Å². The second-order valence-electron chi connectivity index (χ2n) is 7.59. The summed E-state index contributed by atoms with van der Waals surface area (Å²) in [5.74, 6) is 1.57. The molecule has 1 saturated heterocycles. The summed E-state index contributed by atoms with van der Waals surface area (Å²) in [5, 5.41) is 3.32. The second-order valence-corrected chi connectivity index (χ2v) is 7.59. The van der Waals surface area contributed by atoms with E-state index in [4.69, 9.17) is 5.73 Å². The molecule has 0 bridgehead atoms. The van der Waals surface area contributed by atoms with Gasteiger partial charge in [-0.05, 0) is 60.5 Å². The Hall–Kier alpha value is -2.96. The molecule has 1 aromatic carbocycles. The first-order chi connectivity index (χ1) is 14.1. The number of benzene rings is 1. The molecule has 1 fully saturated rings. The molecule has 3 heterocycles. The van der Waals surface area contributed by atoms with Crippen LogP contribution < -0.4 is 16.0 Å². The van der Waals surface area contributed by atoms with Crippen LogP contribution in [0.15, 0.2) is 54.9 Å². The average molecular weight is 389 g/mol. The molecule has 0 radical (unpaired) electrons. The first-order valence-electron chi connectivity index (χ1n) is 10.0. The number of rotatable bonds is 5. The zero-order valence-electron chi connectivity index (χ0n) is 17.1. The van der Waals surface area contributed by atoms with Gasteiger partial charge in [-0.15, -0.1) is 0 Å². The molecule has 29 heavy (non-hydrogen) atoms. The molecular weight excluding hydrogens is 360 g/mol. The quantitative estimate of drug-likeness (QED) is 0.698. The Labute approximate surface area is 172 Å². The van der Waals surface area contributed by atoms with Crippen molar-refractivity contribution in [1.29, 1.82) is 0 Å². The molecule has 4 rings (SSSR count). The van der Waals surface area contributed by atoms with E-state index < -0.39 is 0 Å². The van der Waals surface area contributed by atoms with Crippen LogP contribution in [0.2, 0.25) is 0 Å². The predicted octanol–water partition coefficient (Wildman–Crippen LogP) is 3.41. The Balaban J connectivity index is 1.47. The molecule has 0 aliphatic carbocycles. The lowest BCUT2D eigenvalue weighted by Gasteiger charge is -2.33. The van der Waals surface area contributed by atoms with Gasteiger partial charge in [0.1, 0.15) is 11.6 Å². The van der Waals surface area contributed by atoms with Gasteiger partial charge >= 0.3 is 0 Å². The fraction of sp³-hybridized carbons (Fsp3) is 0.304. The van der Waals surface area contributed by atoms with E-state index in [0.29, 0.717) is 6.54 Å². The second kappa shape index (κ2) is 8.59. The molecule has 3 N–H and O–H groups in total. The van der Waals surface area contributed by atoms with Crippen molar-refractivity contribution < 1.29 is 0 Å². The van der Waals surface area contributed by atoms with Crippen LogP contribution in [0.25, 0.3) is 11.1 Å². The van der Waals surface area contributed by atoms with Gasteiger partial charge in [0, 0.05) is 38.9 Å². The van der Waals surface area contributed by atoms with Crippen LogP contribution in [0.5, 0.6) is 0 Å². The van der Waals surface area contributed by atoms with E-state index >= 15 is 0 Å². The van der Waals surface area contributed by atoms with Crippen molar-refractivity contribution in [2.45, 2.75) is 13.5 Å². The van der Waals surface area contributed by atoms with Crippen LogP contribution in [0.4, 0.5) is 17.3 Å². The summed E-state index contributed by atoms with van der Waals surface area (Å²) in [5.41, 5.74) is 11.6. The summed E-state index contributed by atoms with van der Waals surface area (Å²) in [6.45, 7) is 6.90. The molecule has 0 atom stereocenters. The van der Waals surface area contributed by atoms with Crippen LogP contribution in [-0.4, -0.2) is 48.1 Å². The fourth-order valence-electron chi connectivity index (χ4n) is 3.63. The predicted molar refractivity (Wildman–Crippen MR) is 120 cm³/mol. The molecular formula is C23H28N6. The third kappa shape index (κ3) is 4.55. The third-order valence-corrected chi connectivity index (χ3v) is 5.53.